The number of hydrogen-bond acceptors (Lipinski definition) is 8. The van der Waals surface area contributed by atoms with Crippen LogP contribution in [-0.4, -0.2) is 66.8 Å². The predicted molar refractivity (Wildman–Crippen MR) is 112 cm³/mol. The Kier molecular flexibility index (Phi) is 8.22. The number of ether oxygens (including phenoxy) is 2. The van der Waals surface area contributed by atoms with Gasteiger partial charge in [-0.05, 0) is 52.1 Å². The summed E-state index contributed by atoms with van der Waals surface area (Å²) in [5.74, 6) is 0.734. The third-order valence-electron chi connectivity index (χ3n) is 4.87. The summed E-state index contributed by atoms with van der Waals surface area (Å²) in [6.45, 7) is 7.68. The van der Waals surface area contributed by atoms with Crippen molar-refractivity contribution in [2.24, 2.45) is 13.0 Å². The Bertz CT molecular complexity index is 781. The molecule has 0 saturated carbocycles. The van der Waals surface area contributed by atoms with Crippen LogP contribution in [0.2, 0.25) is 0 Å². The largest absolute Gasteiger partial charge is 0.468 e. The zero-order valence-electron chi connectivity index (χ0n) is 18.4. The van der Waals surface area contributed by atoms with E-state index in [2.05, 4.69) is 20.6 Å². The van der Waals surface area contributed by atoms with Gasteiger partial charge in [-0.3, -0.25) is 9.59 Å². The number of rotatable bonds is 7. The molecular formula is C20H33N5O5. The number of carbonyl (C=O) groups is 2. The van der Waals surface area contributed by atoms with Gasteiger partial charge in [-0.15, -0.1) is 0 Å². The molecule has 1 aliphatic rings. The van der Waals surface area contributed by atoms with E-state index in [0.717, 1.165) is 31.7 Å². The first-order valence-corrected chi connectivity index (χ1v) is 10.2. The summed E-state index contributed by atoms with van der Waals surface area (Å²) >= 11 is 0. The van der Waals surface area contributed by atoms with Gasteiger partial charge in [0.1, 0.15) is 17.5 Å². The van der Waals surface area contributed by atoms with Crippen LogP contribution in [0.3, 0.4) is 0 Å². The van der Waals surface area contributed by atoms with Crippen molar-refractivity contribution in [3.05, 3.63) is 22.5 Å². The standard InChI is InChI=1S/C20H33N5O5/c1-20(2,3)30-19(28)22-13-15(18(27)29-5)21-12-14-8-10-25(11-9-14)16-6-7-17(26)24(4)23-16/h6-7,14-15,21H,8-13H2,1-5H3,(H,22,28)/t15-/m1/s1. The normalized spacial score (nSPS) is 16.1. The first kappa shape index (κ1) is 23.7. The lowest BCUT2D eigenvalue weighted by molar-refractivity contribution is -0.143. The number of aryl methyl sites for hydroxylation is 1. The molecule has 1 aromatic heterocycles. The summed E-state index contributed by atoms with van der Waals surface area (Å²) in [4.78, 5) is 37.6. The predicted octanol–water partition coefficient (Wildman–Crippen LogP) is 0.653. The molecule has 168 valence electrons. The average Bonchev–Trinajstić information content (AvgIpc) is 2.68. The second kappa shape index (κ2) is 10.4. The zero-order chi connectivity index (χ0) is 22.3. The highest BCUT2D eigenvalue weighted by molar-refractivity contribution is 5.77. The van der Waals surface area contributed by atoms with Crippen LogP contribution in [0.15, 0.2) is 16.9 Å². The fourth-order valence-electron chi connectivity index (χ4n) is 3.21. The van der Waals surface area contributed by atoms with Crippen LogP contribution < -0.4 is 21.1 Å². The Morgan fingerprint density at radius 2 is 1.93 bits per heavy atom. The average molecular weight is 424 g/mol. The van der Waals surface area contributed by atoms with Crippen molar-refractivity contribution in [2.45, 2.75) is 45.3 Å². The minimum atomic E-state index is -0.647. The van der Waals surface area contributed by atoms with Crippen molar-refractivity contribution in [2.75, 3.05) is 38.2 Å². The van der Waals surface area contributed by atoms with Crippen LogP contribution in [0.5, 0.6) is 0 Å². The number of nitrogens with zero attached hydrogens (tertiary/aromatic N) is 3. The van der Waals surface area contributed by atoms with E-state index >= 15 is 0 Å². The molecule has 1 fully saturated rings. The van der Waals surface area contributed by atoms with E-state index in [4.69, 9.17) is 9.47 Å². The molecule has 0 unspecified atom stereocenters. The fourth-order valence-corrected chi connectivity index (χ4v) is 3.21. The Morgan fingerprint density at radius 3 is 2.50 bits per heavy atom. The SMILES string of the molecule is COC(=O)[C@@H](CNC(=O)OC(C)(C)C)NCC1CCN(c2ccc(=O)n(C)n2)CC1. The molecule has 10 heteroatoms. The first-order chi connectivity index (χ1) is 14.1. The van der Waals surface area contributed by atoms with E-state index in [1.54, 1.807) is 33.9 Å². The second-order valence-corrected chi connectivity index (χ2v) is 8.45. The second-order valence-electron chi connectivity index (χ2n) is 8.45. The molecule has 1 atom stereocenters. The van der Waals surface area contributed by atoms with Crippen molar-refractivity contribution in [1.29, 1.82) is 0 Å². The molecule has 2 N–H and O–H groups in total. The molecule has 30 heavy (non-hydrogen) atoms. The monoisotopic (exact) mass is 423 g/mol. The molecule has 10 nitrogen and oxygen atoms in total. The van der Waals surface area contributed by atoms with E-state index in [9.17, 15) is 14.4 Å². The number of nitrogens with one attached hydrogen (secondary N) is 2. The van der Waals surface area contributed by atoms with Gasteiger partial charge in [0.2, 0.25) is 0 Å². The van der Waals surface area contributed by atoms with Crippen LogP contribution in [-0.2, 0) is 21.3 Å². The molecule has 1 saturated heterocycles. The lowest BCUT2D eigenvalue weighted by atomic mass is 9.96. The van der Waals surface area contributed by atoms with E-state index in [1.165, 1.54) is 17.9 Å². The smallest absolute Gasteiger partial charge is 0.407 e. The van der Waals surface area contributed by atoms with Crippen molar-refractivity contribution in [3.8, 4) is 0 Å². The van der Waals surface area contributed by atoms with Gasteiger partial charge in [0, 0.05) is 32.7 Å². The first-order valence-electron chi connectivity index (χ1n) is 10.2. The number of aromatic nitrogens is 2. The Hall–Kier alpha value is -2.62. The maximum Gasteiger partial charge on any atom is 0.407 e. The minimum absolute atomic E-state index is 0.0857. The van der Waals surface area contributed by atoms with Gasteiger partial charge in [-0.2, -0.15) is 5.10 Å². The molecule has 2 rings (SSSR count). The highest BCUT2D eigenvalue weighted by Crippen LogP contribution is 2.20. The van der Waals surface area contributed by atoms with Gasteiger partial charge in [0.25, 0.3) is 5.56 Å². The Morgan fingerprint density at radius 1 is 1.27 bits per heavy atom. The summed E-state index contributed by atoms with van der Waals surface area (Å²) in [5.41, 5.74) is -0.738. The quantitative estimate of drug-likeness (QED) is 0.615. The molecule has 1 amide bonds. The van der Waals surface area contributed by atoms with Gasteiger partial charge < -0.3 is 25.0 Å². The lowest BCUT2D eigenvalue weighted by Gasteiger charge is -2.33. The fraction of sp³-hybridized carbons (Fsp3) is 0.700. The maximum absolute atomic E-state index is 12.1. The summed E-state index contributed by atoms with van der Waals surface area (Å²) in [6.07, 6.45) is 1.27. The Balaban J connectivity index is 1.81. The molecule has 1 aromatic rings. The summed E-state index contributed by atoms with van der Waals surface area (Å²) in [5, 5.41) is 10.1. The number of hydrogen-bond donors (Lipinski definition) is 2. The third kappa shape index (κ3) is 7.33. The van der Waals surface area contributed by atoms with Gasteiger partial charge in [0.15, 0.2) is 0 Å². The van der Waals surface area contributed by atoms with Gasteiger partial charge >= 0.3 is 12.1 Å². The molecule has 2 heterocycles. The molecule has 0 spiro atoms. The van der Waals surface area contributed by atoms with Crippen LogP contribution in [0.1, 0.15) is 33.6 Å². The van der Waals surface area contributed by atoms with Crippen molar-refractivity contribution in [1.82, 2.24) is 20.4 Å². The van der Waals surface area contributed by atoms with Crippen LogP contribution in [0.4, 0.5) is 10.6 Å². The number of alkyl carbamates (subject to hydrolysis) is 1. The number of anilines is 1. The molecule has 0 aliphatic carbocycles. The highest BCUT2D eigenvalue weighted by atomic mass is 16.6. The van der Waals surface area contributed by atoms with Crippen LogP contribution >= 0.6 is 0 Å². The van der Waals surface area contributed by atoms with Gasteiger partial charge in [-0.25, -0.2) is 9.48 Å². The number of esters is 1. The lowest BCUT2D eigenvalue weighted by Crippen LogP contribution is -2.49. The van der Waals surface area contributed by atoms with Crippen molar-refractivity contribution < 1.29 is 19.1 Å². The molecule has 1 aliphatic heterocycles. The minimum Gasteiger partial charge on any atom is -0.468 e. The summed E-state index contributed by atoms with van der Waals surface area (Å²) in [6, 6.07) is 2.62. The van der Waals surface area contributed by atoms with Crippen molar-refractivity contribution >= 4 is 17.9 Å². The number of amides is 1. The summed E-state index contributed by atoms with van der Waals surface area (Å²) < 4.78 is 11.4. The topological polar surface area (TPSA) is 115 Å². The molecule has 0 aromatic carbocycles. The van der Waals surface area contributed by atoms with Crippen molar-refractivity contribution in [3.63, 3.8) is 0 Å². The van der Waals surface area contributed by atoms with E-state index < -0.39 is 23.7 Å². The number of methoxy groups -OCH3 is 1. The van der Waals surface area contributed by atoms with Crippen LogP contribution in [0, 0.1) is 5.92 Å². The third-order valence-corrected chi connectivity index (χ3v) is 4.87. The maximum atomic E-state index is 12.1. The number of piperidine rings is 1. The van der Waals surface area contributed by atoms with E-state index in [-0.39, 0.29) is 12.1 Å². The summed E-state index contributed by atoms with van der Waals surface area (Å²) in [7, 11) is 2.96. The van der Waals surface area contributed by atoms with E-state index in [1.807, 2.05) is 0 Å². The van der Waals surface area contributed by atoms with Crippen LogP contribution in [0.25, 0.3) is 0 Å². The number of carbonyl (C=O) groups excluding carboxylic acids is 2. The Labute approximate surface area is 176 Å². The molecular weight excluding hydrogens is 390 g/mol. The van der Waals surface area contributed by atoms with Gasteiger partial charge in [-0.1, -0.05) is 0 Å². The zero-order valence-corrected chi connectivity index (χ0v) is 18.4. The highest BCUT2D eigenvalue weighted by Gasteiger charge is 2.25. The van der Waals surface area contributed by atoms with E-state index in [0.29, 0.717) is 12.5 Å². The van der Waals surface area contributed by atoms with Gasteiger partial charge in [0.05, 0.1) is 7.11 Å². The molecule has 0 bridgehead atoms. The molecule has 0 radical (unpaired) electrons.